The van der Waals surface area contributed by atoms with Crippen molar-refractivity contribution in [3.05, 3.63) is 69.9 Å². The number of hydrogen-bond donors (Lipinski definition) is 1. The third-order valence-corrected chi connectivity index (χ3v) is 4.38. The molecule has 0 atom stereocenters. The Kier molecular flexibility index (Phi) is 4.86. The van der Waals surface area contributed by atoms with E-state index in [0.29, 0.717) is 5.76 Å². The van der Waals surface area contributed by atoms with Gasteiger partial charge in [-0.2, -0.15) is 0 Å². The molecule has 24 heavy (non-hydrogen) atoms. The van der Waals surface area contributed by atoms with Gasteiger partial charge in [0.05, 0.1) is 0 Å². The summed E-state index contributed by atoms with van der Waals surface area (Å²) in [6.45, 7) is 4.07. The van der Waals surface area contributed by atoms with Crippen molar-refractivity contribution in [3.8, 4) is 0 Å². The summed E-state index contributed by atoms with van der Waals surface area (Å²) in [6, 6.07) is 13.8. The van der Waals surface area contributed by atoms with Crippen molar-refractivity contribution in [2.75, 3.05) is 5.32 Å². The molecular weight excluding hydrogens is 366 g/mol. The van der Waals surface area contributed by atoms with Crippen molar-refractivity contribution < 1.29 is 9.21 Å². The summed E-state index contributed by atoms with van der Waals surface area (Å²) in [5.74, 6) is 0.486. The molecule has 0 saturated heterocycles. The van der Waals surface area contributed by atoms with Gasteiger partial charge in [0.15, 0.2) is 0 Å². The number of carbonyl (C=O) groups excluding carboxylic acids is 1. The molecule has 0 fully saturated rings. The van der Waals surface area contributed by atoms with Crippen LogP contribution < -0.4 is 5.32 Å². The van der Waals surface area contributed by atoms with Crippen LogP contribution in [0, 0.1) is 6.92 Å². The van der Waals surface area contributed by atoms with Gasteiger partial charge in [-0.25, -0.2) is 0 Å². The Hall–Kier alpha value is -2.33. The predicted octanol–water partition coefficient (Wildman–Crippen LogP) is 5.72. The average Bonchev–Trinajstić information content (AvgIpc) is 2.96. The number of fused-ring (bicyclic) bond motifs is 1. The fourth-order valence-electron chi connectivity index (χ4n) is 2.64. The number of halogens is 1. The number of anilines is 1. The van der Waals surface area contributed by atoms with E-state index in [1.165, 1.54) is 6.08 Å². The van der Waals surface area contributed by atoms with Gasteiger partial charge in [0, 0.05) is 21.6 Å². The third kappa shape index (κ3) is 3.60. The van der Waals surface area contributed by atoms with Gasteiger partial charge in [-0.3, -0.25) is 4.79 Å². The number of rotatable bonds is 4. The second kappa shape index (κ2) is 7.05. The monoisotopic (exact) mass is 383 g/mol. The number of aryl methyl sites for hydroxylation is 2. The van der Waals surface area contributed by atoms with Crippen molar-refractivity contribution in [2.45, 2.75) is 20.3 Å². The summed E-state index contributed by atoms with van der Waals surface area (Å²) in [7, 11) is 0. The second-order valence-electron chi connectivity index (χ2n) is 5.62. The van der Waals surface area contributed by atoms with E-state index < -0.39 is 0 Å². The molecule has 0 spiro atoms. The SMILES string of the molecule is CCc1cccc(C)c1NC(=O)C=Cc1cc2cc(Br)ccc2o1. The molecule has 4 heteroatoms. The molecule has 2 aromatic carbocycles. The summed E-state index contributed by atoms with van der Waals surface area (Å²) in [5, 5.41) is 3.96. The maximum absolute atomic E-state index is 12.2. The second-order valence-corrected chi connectivity index (χ2v) is 6.53. The zero-order valence-electron chi connectivity index (χ0n) is 13.6. The minimum atomic E-state index is -0.166. The highest BCUT2D eigenvalue weighted by atomic mass is 79.9. The Morgan fingerprint density at radius 2 is 2.08 bits per heavy atom. The summed E-state index contributed by atoms with van der Waals surface area (Å²) in [5.41, 5.74) is 3.88. The maximum atomic E-state index is 12.2. The number of amides is 1. The van der Waals surface area contributed by atoms with Crippen LogP contribution >= 0.6 is 15.9 Å². The van der Waals surface area contributed by atoms with Crippen LogP contribution in [0.3, 0.4) is 0 Å². The zero-order valence-corrected chi connectivity index (χ0v) is 15.2. The van der Waals surface area contributed by atoms with Gasteiger partial charge >= 0.3 is 0 Å². The summed E-state index contributed by atoms with van der Waals surface area (Å²) < 4.78 is 6.70. The zero-order chi connectivity index (χ0) is 17.1. The highest BCUT2D eigenvalue weighted by molar-refractivity contribution is 9.10. The Bertz CT molecular complexity index is 925. The van der Waals surface area contributed by atoms with Gasteiger partial charge in [-0.1, -0.05) is 41.1 Å². The molecule has 0 aliphatic carbocycles. The molecule has 1 amide bonds. The molecule has 1 heterocycles. The van der Waals surface area contributed by atoms with Gasteiger partial charge in [0.2, 0.25) is 5.91 Å². The fourth-order valence-corrected chi connectivity index (χ4v) is 3.02. The van der Waals surface area contributed by atoms with E-state index in [0.717, 1.165) is 38.7 Å². The van der Waals surface area contributed by atoms with E-state index in [9.17, 15) is 4.79 Å². The first-order valence-electron chi connectivity index (χ1n) is 7.83. The lowest BCUT2D eigenvalue weighted by molar-refractivity contribution is -0.111. The molecule has 0 aliphatic rings. The van der Waals surface area contributed by atoms with E-state index in [4.69, 9.17) is 4.42 Å². The Labute approximate surface area is 149 Å². The van der Waals surface area contributed by atoms with Crippen LogP contribution in [-0.2, 0) is 11.2 Å². The number of furan rings is 1. The normalized spacial score (nSPS) is 11.3. The third-order valence-electron chi connectivity index (χ3n) is 3.88. The molecule has 3 rings (SSSR count). The molecule has 0 aliphatic heterocycles. The minimum Gasteiger partial charge on any atom is -0.457 e. The Balaban J connectivity index is 1.77. The van der Waals surface area contributed by atoms with Gasteiger partial charge < -0.3 is 9.73 Å². The molecule has 0 bridgehead atoms. The summed E-state index contributed by atoms with van der Waals surface area (Å²) in [4.78, 5) is 12.2. The van der Waals surface area contributed by atoms with E-state index in [2.05, 4.69) is 28.2 Å². The predicted molar refractivity (Wildman–Crippen MR) is 102 cm³/mol. The molecule has 1 N–H and O–H groups in total. The van der Waals surface area contributed by atoms with Gasteiger partial charge in [-0.05, 0) is 54.8 Å². The Morgan fingerprint density at radius 3 is 2.88 bits per heavy atom. The number of nitrogens with one attached hydrogen (secondary N) is 1. The molecule has 1 aromatic heterocycles. The van der Waals surface area contributed by atoms with Crippen LogP contribution in [0.25, 0.3) is 17.0 Å². The van der Waals surface area contributed by atoms with Crippen LogP contribution in [-0.4, -0.2) is 5.91 Å². The molecule has 122 valence electrons. The lowest BCUT2D eigenvalue weighted by Crippen LogP contribution is -2.10. The smallest absolute Gasteiger partial charge is 0.248 e. The molecular formula is C20H18BrNO2. The topological polar surface area (TPSA) is 42.2 Å². The molecule has 0 unspecified atom stereocenters. The van der Waals surface area contributed by atoms with E-state index >= 15 is 0 Å². The van der Waals surface area contributed by atoms with Gasteiger partial charge in [-0.15, -0.1) is 0 Å². The van der Waals surface area contributed by atoms with Crippen LogP contribution in [0.15, 0.2) is 57.4 Å². The number of para-hydroxylation sites is 1. The van der Waals surface area contributed by atoms with Crippen molar-refractivity contribution >= 4 is 44.6 Å². The standard InChI is InChI=1S/C20H18BrNO2/c1-3-14-6-4-5-13(2)20(14)22-19(23)10-8-17-12-15-11-16(21)7-9-18(15)24-17/h4-12H,3H2,1-2H3,(H,22,23). The van der Waals surface area contributed by atoms with Gasteiger partial charge in [0.25, 0.3) is 0 Å². The van der Waals surface area contributed by atoms with Crippen molar-refractivity contribution in [2.24, 2.45) is 0 Å². The molecule has 0 saturated carbocycles. The first-order valence-corrected chi connectivity index (χ1v) is 8.63. The quantitative estimate of drug-likeness (QED) is 0.585. The Morgan fingerprint density at radius 1 is 1.25 bits per heavy atom. The number of hydrogen-bond acceptors (Lipinski definition) is 2. The first kappa shape index (κ1) is 16.5. The van der Waals surface area contributed by atoms with Crippen molar-refractivity contribution in [1.29, 1.82) is 0 Å². The first-order chi connectivity index (χ1) is 11.6. The summed E-state index contributed by atoms with van der Waals surface area (Å²) in [6.07, 6.45) is 4.06. The molecule has 3 nitrogen and oxygen atoms in total. The average molecular weight is 384 g/mol. The van der Waals surface area contributed by atoms with Crippen LogP contribution in [0.2, 0.25) is 0 Å². The fraction of sp³-hybridized carbons (Fsp3) is 0.150. The van der Waals surface area contributed by atoms with E-state index in [-0.39, 0.29) is 5.91 Å². The van der Waals surface area contributed by atoms with Crippen molar-refractivity contribution in [3.63, 3.8) is 0 Å². The number of carbonyl (C=O) groups is 1. The summed E-state index contributed by atoms with van der Waals surface area (Å²) >= 11 is 3.44. The highest BCUT2D eigenvalue weighted by Gasteiger charge is 2.07. The van der Waals surface area contributed by atoms with E-state index in [1.54, 1.807) is 6.08 Å². The minimum absolute atomic E-state index is 0.166. The lowest BCUT2D eigenvalue weighted by Gasteiger charge is -2.11. The van der Waals surface area contributed by atoms with Crippen LogP contribution in [0.5, 0.6) is 0 Å². The van der Waals surface area contributed by atoms with E-state index in [1.807, 2.05) is 49.4 Å². The molecule has 0 radical (unpaired) electrons. The van der Waals surface area contributed by atoms with Crippen molar-refractivity contribution in [1.82, 2.24) is 0 Å². The van der Waals surface area contributed by atoms with Crippen LogP contribution in [0.4, 0.5) is 5.69 Å². The highest BCUT2D eigenvalue weighted by Crippen LogP contribution is 2.24. The lowest BCUT2D eigenvalue weighted by atomic mass is 10.1. The molecule has 3 aromatic rings. The largest absolute Gasteiger partial charge is 0.457 e. The van der Waals surface area contributed by atoms with Gasteiger partial charge in [0.1, 0.15) is 11.3 Å². The van der Waals surface area contributed by atoms with Crippen LogP contribution in [0.1, 0.15) is 23.8 Å². The maximum Gasteiger partial charge on any atom is 0.248 e. The number of benzene rings is 2.